The third-order valence-electron chi connectivity index (χ3n) is 4.18. The van der Waals surface area contributed by atoms with Crippen LogP contribution in [0.15, 0.2) is 18.3 Å². The van der Waals surface area contributed by atoms with Crippen molar-refractivity contribution in [3.8, 4) is 0 Å². The van der Waals surface area contributed by atoms with E-state index >= 15 is 0 Å². The molecule has 2 atom stereocenters. The number of nitrogens with two attached hydrogens (primary N) is 1. The molecule has 3 heterocycles. The zero-order chi connectivity index (χ0) is 14.1. The number of nitrogens with one attached hydrogen (secondary N) is 1. The average molecular weight is 290 g/mol. The fourth-order valence-electron chi connectivity index (χ4n) is 3.17. The lowest BCUT2D eigenvalue weighted by atomic mass is 9.85. The number of hydrogen-bond donors (Lipinski definition) is 2. The molecule has 0 spiro atoms. The molecule has 3 rings (SSSR count). The van der Waals surface area contributed by atoms with E-state index in [4.69, 9.17) is 18.0 Å². The molecule has 0 aromatic carbocycles. The number of amides is 1. The summed E-state index contributed by atoms with van der Waals surface area (Å²) in [6, 6.07) is 4.24. The summed E-state index contributed by atoms with van der Waals surface area (Å²) in [4.78, 5) is 18.4. The lowest BCUT2D eigenvalue weighted by molar-refractivity contribution is -0.124. The largest absolute Gasteiger partial charge is 0.388 e. The van der Waals surface area contributed by atoms with Crippen LogP contribution in [0.2, 0.25) is 0 Å². The molecule has 0 aliphatic carbocycles. The molecule has 106 valence electrons. The van der Waals surface area contributed by atoms with Gasteiger partial charge in [0.15, 0.2) is 0 Å². The van der Waals surface area contributed by atoms with Crippen LogP contribution in [-0.4, -0.2) is 35.0 Å². The van der Waals surface area contributed by atoms with Gasteiger partial charge in [0.1, 0.15) is 10.7 Å². The van der Waals surface area contributed by atoms with Crippen molar-refractivity contribution in [1.29, 1.82) is 0 Å². The van der Waals surface area contributed by atoms with Gasteiger partial charge in [-0.15, -0.1) is 0 Å². The van der Waals surface area contributed by atoms with Gasteiger partial charge >= 0.3 is 0 Å². The van der Waals surface area contributed by atoms with Crippen LogP contribution in [0.3, 0.4) is 0 Å². The molecule has 2 saturated heterocycles. The highest BCUT2D eigenvalue weighted by molar-refractivity contribution is 7.80. The number of pyridine rings is 1. The van der Waals surface area contributed by atoms with Crippen LogP contribution < -0.4 is 16.0 Å². The van der Waals surface area contributed by atoms with Crippen molar-refractivity contribution in [3.63, 3.8) is 0 Å². The number of fused-ring (bicyclic) bond motifs is 1. The van der Waals surface area contributed by atoms with Crippen LogP contribution in [0.1, 0.15) is 25.0 Å². The predicted molar refractivity (Wildman–Crippen MR) is 81.6 cm³/mol. The topological polar surface area (TPSA) is 71.2 Å². The zero-order valence-corrected chi connectivity index (χ0v) is 12.0. The number of piperidine rings is 2. The van der Waals surface area contributed by atoms with Gasteiger partial charge in [0.2, 0.25) is 5.91 Å². The number of carbonyl (C=O) groups excluding carboxylic acids is 1. The number of nitrogens with zero attached hydrogens (tertiary/aromatic N) is 2. The van der Waals surface area contributed by atoms with Gasteiger partial charge in [-0.2, -0.15) is 0 Å². The van der Waals surface area contributed by atoms with Gasteiger partial charge in [-0.1, -0.05) is 12.2 Å². The fourth-order valence-corrected chi connectivity index (χ4v) is 3.33. The molecule has 1 amide bonds. The summed E-state index contributed by atoms with van der Waals surface area (Å²) in [6.45, 7) is 1.81. The van der Waals surface area contributed by atoms with Crippen molar-refractivity contribution in [3.05, 3.63) is 24.0 Å². The second-order valence-corrected chi connectivity index (χ2v) is 5.88. The minimum atomic E-state index is 0.185. The Labute approximate surface area is 123 Å². The van der Waals surface area contributed by atoms with Crippen LogP contribution in [-0.2, 0) is 4.79 Å². The number of anilines is 1. The van der Waals surface area contributed by atoms with Crippen molar-refractivity contribution in [2.75, 3.05) is 18.0 Å². The lowest BCUT2D eigenvalue weighted by Gasteiger charge is -2.42. The van der Waals surface area contributed by atoms with Crippen LogP contribution in [0.25, 0.3) is 0 Å². The first kappa shape index (κ1) is 13.3. The highest BCUT2D eigenvalue weighted by Crippen LogP contribution is 2.29. The second kappa shape index (κ2) is 5.36. The SMILES string of the molecule is NC(=S)c1ncccc1N1CCC2NC(=O)CCC2C1. The van der Waals surface area contributed by atoms with Gasteiger partial charge < -0.3 is 16.0 Å². The highest BCUT2D eigenvalue weighted by atomic mass is 32.1. The summed E-state index contributed by atoms with van der Waals surface area (Å²) in [7, 11) is 0. The van der Waals surface area contributed by atoms with E-state index < -0.39 is 0 Å². The first-order valence-corrected chi connectivity index (χ1v) is 7.35. The van der Waals surface area contributed by atoms with Crippen molar-refractivity contribution >= 4 is 28.8 Å². The fraction of sp³-hybridized carbons (Fsp3) is 0.500. The maximum atomic E-state index is 11.4. The smallest absolute Gasteiger partial charge is 0.220 e. The van der Waals surface area contributed by atoms with E-state index in [-0.39, 0.29) is 5.91 Å². The molecule has 3 N–H and O–H groups in total. The molecular weight excluding hydrogens is 272 g/mol. The van der Waals surface area contributed by atoms with Gasteiger partial charge in [0, 0.05) is 31.7 Å². The first-order chi connectivity index (χ1) is 9.65. The van der Waals surface area contributed by atoms with Gasteiger partial charge in [-0.05, 0) is 30.9 Å². The standard InChI is InChI=1S/C14H18N4OS/c15-14(20)13-11(2-1-6-16-13)18-7-5-10-9(8-18)3-4-12(19)17-10/h1-2,6,9-10H,3-5,7-8H2,(H2,15,20)(H,17,19). The Morgan fingerprint density at radius 2 is 2.35 bits per heavy atom. The van der Waals surface area contributed by atoms with Crippen molar-refractivity contribution in [1.82, 2.24) is 10.3 Å². The molecule has 2 fully saturated rings. The molecule has 20 heavy (non-hydrogen) atoms. The van der Waals surface area contributed by atoms with E-state index in [0.29, 0.717) is 29.1 Å². The molecule has 6 heteroatoms. The Morgan fingerprint density at radius 3 is 3.15 bits per heavy atom. The summed E-state index contributed by atoms with van der Waals surface area (Å²) in [6.07, 6.45) is 4.26. The Morgan fingerprint density at radius 1 is 1.50 bits per heavy atom. The molecule has 2 aliphatic heterocycles. The molecule has 1 aromatic heterocycles. The first-order valence-electron chi connectivity index (χ1n) is 6.94. The third-order valence-corrected chi connectivity index (χ3v) is 4.38. The monoisotopic (exact) mass is 290 g/mol. The number of carbonyl (C=O) groups is 1. The van der Waals surface area contributed by atoms with Gasteiger partial charge in [0.05, 0.1) is 5.69 Å². The van der Waals surface area contributed by atoms with E-state index in [0.717, 1.165) is 31.6 Å². The number of thiocarbonyl (C=S) groups is 1. The van der Waals surface area contributed by atoms with Crippen LogP contribution >= 0.6 is 12.2 Å². The molecule has 5 nitrogen and oxygen atoms in total. The zero-order valence-electron chi connectivity index (χ0n) is 11.2. The number of rotatable bonds is 2. The molecule has 0 radical (unpaired) electrons. The van der Waals surface area contributed by atoms with E-state index in [1.807, 2.05) is 12.1 Å². The summed E-state index contributed by atoms with van der Waals surface area (Å²) >= 11 is 5.08. The van der Waals surface area contributed by atoms with E-state index in [2.05, 4.69) is 15.2 Å². The summed E-state index contributed by atoms with van der Waals surface area (Å²) in [5.41, 5.74) is 7.46. The maximum Gasteiger partial charge on any atom is 0.220 e. The minimum Gasteiger partial charge on any atom is -0.388 e. The number of aromatic nitrogens is 1. The van der Waals surface area contributed by atoms with Crippen LogP contribution in [0.4, 0.5) is 5.69 Å². The Balaban J connectivity index is 1.80. The molecule has 2 unspecified atom stereocenters. The summed E-state index contributed by atoms with van der Waals surface area (Å²) in [5.74, 6) is 0.686. The predicted octanol–water partition coefficient (Wildman–Crippen LogP) is 0.821. The number of hydrogen-bond acceptors (Lipinski definition) is 4. The van der Waals surface area contributed by atoms with E-state index in [9.17, 15) is 4.79 Å². The third kappa shape index (κ3) is 2.47. The van der Waals surface area contributed by atoms with Crippen LogP contribution in [0, 0.1) is 5.92 Å². The van der Waals surface area contributed by atoms with E-state index in [1.165, 1.54) is 0 Å². The molecule has 1 aromatic rings. The summed E-state index contributed by atoms with van der Waals surface area (Å²) in [5, 5.41) is 3.10. The Kier molecular flexibility index (Phi) is 3.56. The van der Waals surface area contributed by atoms with Crippen molar-refractivity contribution < 1.29 is 4.79 Å². The normalized spacial score (nSPS) is 25.8. The average Bonchev–Trinajstić information content (AvgIpc) is 2.46. The summed E-state index contributed by atoms with van der Waals surface area (Å²) < 4.78 is 0. The Hall–Kier alpha value is -1.69. The second-order valence-electron chi connectivity index (χ2n) is 5.44. The van der Waals surface area contributed by atoms with Gasteiger partial charge in [-0.25, -0.2) is 0 Å². The van der Waals surface area contributed by atoms with E-state index in [1.54, 1.807) is 6.20 Å². The minimum absolute atomic E-state index is 0.185. The molecular formula is C14H18N4OS. The van der Waals surface area contributed by atoms with Crippen molar-refractivity contribution in [2.24, 2.45) is 11.7 Å². The van der Waals surface area contributed by atoms with Gasteiger partial charge in [-0.3, -0.25) is 9.78 Å². The van der Waals surface area contributed by atoms with Gasteiger partial charge in [0.25, 0.3) is 0 Å². The van der Waals surface area contributed by atoms with Crippen LogP contribution in [0.5, 0.6) is 0 Å². The molecule has 2 aliphatic rings. The Bertz CT molecular complexity index is 548. The quantitative estimate of drug-likeness (QED) is 0.789. The van der Waals surface area contributed by atoms with Crippen molar-refractivity contribution in [2.45, 2.75) is 25.3 Å². The highest BCUT2D eigenvalue weighted by Gasteiger charge is 2.34. The maximum absolute atomic E-state index is 11.4. The molecule has 0 saturated carbocycles. The molecule has 0 bridgehead atoms. The lowest BCUT2D eigenvalue weighted by Crippen LogP contribution is -2.54.